The summed E-state index contributed by atoms with van der Waals surface area (Å²) in [5.74, 6) is -1.03. The third-order valence-electron chi connectivity index (χ3n) is 3.11. The zero-order valence-electron chi connectivity index (χ0n) is 10.9. The van der Waals surface area contributed by atoms with Crippen molar-refractivity contribution in [1.82, 2.24) is 4.98 Å². The second kappa shape index (κ2) is 5.41. The zero-order chi connectivity index (χ0) is 14.6. The summed E-state index contributed by atoms with van der Waals surface area (Å²) in [6, 6.07) is 12.4. The molecule has 20 heavy (non-hydrogen) atoms. The highest BCUT2D eigenvalue weighted by molar-refractivity contribution is 5.84. The van der Waals surface area contributed by atoms with Crippen LogP contribution in [0.3, 0.4) is 0 Å². The molecule has 5 heteroatoms. The van der Waals surface area contributed by atoms with Crippen molar-refractivity contribution < 1.29 is 9.90 Å². The van der Waals surface area contributed by atoms with Crippen LogP contribution in [0.15, 0.2) is 48.8 Å². The van der Waals surface area contributed by atoms with Crippen LogP contribution in [0.1, 0.15) is 18.1 Å². The summed E-state index contributed by atoms with van der Waals surface area (Å²) in [4.78, 5) is 15.6. The van der Waals surface area contributed by atoms with Gasteiger partial charge in [-0.2, -0.15) is 5.26 Å². The van der Waals surface area contributed by atoms with Gasteiger partial charge in [-0.15, -0.1) is 0 Å². The van der Waals surface area contributed by atoms with E-state index in [0.29, 0.717) is 16.8 Å². The van der Waals surface area contributed by atoms with Crippen LogP contribution in [0.4, 0.5) is 5.69 Å². The Balaban J connectivity index is 2.46. The van der Waals surface area contributed by atoms with Gasteiger partial charge in [0, 0.05) is 6.20 Å². The fourth-order valence-electron chi connectivity index (χ4n) is 1.88. The Morgan fingerprint density at radius 3 is 2.65 bits per heavy atom. The molecule has 0 saturated carbocycles. The van der Waals surface area contributed by atoms with E-state index in [9.17, 15) is 9.90 Å². The third kappa shape index (κ3) is 2.45. The van der Waals surface area contributed by atoms with Crippen molar-refractivity contribution in [3.8, 4) is 6.07 Å². The standard InChI is InChI=1S/C15H13N3O2/c1-15(14(19)20,12-5-3-2-4-6-12)18-13-10-17-8-7-11(13)9-16/h2-8,10,18H,1H3,(H,19,20). The molecule has 1 aromatic carbocycles. The smallest absolute Gasteiger partial charge is 0.333 e. The Kier molecular flexibility index (Phi) is 3.67. The molecule has 2 N–H and O–H groups in total. The minimum Gasteiger partial charge on any atom is -0.479 e. The molecule has 1 heterocycles. The number of hydrogen-bond acceptors (Lipinski definition) is 4. The SMILES string of the molecule is CC(Nc1cnccc1C#N)(C(=O)O)c1ccccc1. The van der Waals surface area contributed by atoms with Gasteiger partial charge in [-0.25, -0.2) is 4.79 Å². The maximum atomic E-state index is 11.7. The lowest BCUT2D eigenvalue weighted by Crippen LogP contribution is -2.40. The van der Waals surface area contributed by atoms with E-state index in [1.807, 2.05) is 12.1 Å². The maximum absolute atomic E-state index is 11.7. The van der Waals surface area contributed by atoms with Gasteiger partial charge in [-0.1, -0.05) is 30.3 Å². The number of carbonyl (C=O) groups is 1. The Morgan fingerprint density at radius 2 is 2.05 bits per heavy atom. The maximum Gasteiger partial charge on any atom is 0.333 e. The van der Waals surface area contributed by atoms with Gasteiger partial charge in [0.1, 0.15) is 6.07 Å². The lowest BCUT2D eigenvalue weighted by molar-refractivity contribution is -0.142. The predicted octanol–water partition coefficient (Wildman–Crippen LogP) is 2.37. The number of anilines is 1. The third-order valence-corrected chi connectivity index (χ3v) is 3.11. The number of nitriles is 1. The van der Waals surface area contributed by atoms with Crippen molar-refractivity contribution in [2.24, 2.45) is 0 Å². The van der Waals surface area contributed by atoms with Crippen molar-refractivity contribution in [3.05, 3.63) is 59.9 Å². The normalized spacial score (nSPS) is 13.0. The van der Waals surface area contributed by atoms with Crippen molar-refractivity contribution in [1.29, 1.82) is 5.26 Å². The van der Waals surface area contributed by atoms with E-state index in [4.69, 9.17) is 5.26 Å². The summed E-state index contributed by atoms with van der Waals surface area (Å²) < 4.78 is 0. The van der Waals surface area contributed by atoms with E-state index in [0.717, 1.165) is 0 Å². The molecule has 0 amide bonds. The summed E-state index contributed by atoms with van der Waals surface area (Å²) in [5.41, 5.74) is 0.00278. The van der Waals surface area contributed by atoms with Crippen molar-refractivity contribution in [2.45, 2.75) is 12.5 Å². The Morgan fingerprint density at radius 1 is 1.35 bits per heavy atom. The van der Waals surface area contributed by atoms with Crippen LogP contribution in [0.5, 0.6) is 0 Å². The lowest BCUT2D eigenvalue weighted by atomic mass is 9.91. The molecule has 0 aliphatic heterocycles. The van der Waals surface area contributed by atoms with Gasteiger partial charge in [-0.3, -0.25) is 4.98 Å². The van der Waals surface area contributed by atoms with E-state index in [1.54, 1.807) is 31.2 Å². The van der Waals surface area contributed by atoms with Gasteiger partial charge in [0.25, 0.3) is 0 Å². The Labute approximate surface area is 116 Å². The molecular formula is C15H13N3O2. The first-order chi connectivity index (χ1) is 9.58. The molecule has 5 nitrogen and oxygen atoms in total. The van der Waals surface area contributed by atoms with E-state index in [2.05, 4.69) is 10.3 Å². The van der Waals surface area contributed by atoms with Gasteiger partial charge in [0.05, 0.1) is 17.4 Å². The molecule has 100 valence electrons. The second-order valence-corrected chi connectivity index (χ2v) is 4.45. The van der Waals surface area contributed by atoms with E-state index in [-0.39, 0.29) is 0 Å². The van der Waals surface area contributed by atoms with Gasteiger partial charge in [0.2, 0.25) is 0 Å². The number of carboxylic acids is 1. The molecule has 0 spiro atoms. The molecule has 0 saturated heterocycles. The molecule has 2 aromatic rings. The second-order valence-electron chi connectivity index (χ2n) is 4.45. The van der Waals surface area contributed by atoms with Crippen LogP contribution in [-0.4, -0.2) is 16.1 Å². The number of hydrogen-bond donors (Lipinski definition) is 2. The highest BCUT2D eigenvalue weighted by Crippen LogP contribution is 2.27. The molecule has 1 unspecified atom stereocenters. The van der Waals surface area contributed by atoms with Crippen LogP contribution in [-0.2, 0) is 10.3 Å². The Hall–Kier alpha value is -2.87. The molecule has 1 aromatic heterocycles. The minimum absolute atomic E-state index is 0.350. The predicted molar refractivity (Wildman–Crippen MR) is 74.0 cm³/mol. The monoisotopic (exact) mass is 267 g/mol. The first kappa shape index (κ1) is 13.6. The average Bonchev–Trinajstić information content (AvgIpc) is 2.48. The van der Waals surface area contributed by atoms with Crippen molar-refractivity contribution in [3.63, 3.8) is 0 Å². The number of rotatable bonds is 4. The van der Waals surface area contributed by atoms with Crippen LogP contribution in [0, 0.1) is 11.3 Å². The summed E-state index contributed by atoms with van der Waals surface area (Å²) in [7, 11) is 0. The van der Waals surface area contributed by atoms with Crippen LogP contribution in [0.2, 0.25) is 0 Å². The number of aliphatic carboxylic acids is 1. The Bertz CT molecular complexity index is 664. The number of aromatic nitrogens is 1. The highest BCUT2D eigenvalue weighted by atomic mass is 16.4. The summed E-state index contributed by atoms with van der Waals surface area (Å²) >= 11 is 0. The molecule has 1 atom stereocenters. The number of carboxylic acid groups (broad SMARTS) is 1. The topological polar surface area (TPSA) is 86.0 Å². The van der Waals surface area contributed by atoms with Crippen molar-refractivity contribution >= 4 is 11.7 Å². The average molecular weight is 267 g/mol. The lowest BCUT2D eigenvalue weighted by Gasteiger charge is -2.28. The highest BCUT2D eigenvalue weighted by Gasteiger charge is 2.35. The van der Waals surface area contributed by atoms with E-state index >= 15 is 0 Å². The van der Waals surface area contributed by atoms with Crippen LogP contribution >= 0.6 is 0 Å². The number of nitrogens with zero attached hydrogens (tertiary/aromatic N) is 2. The number of nitrogens with one attached hydrogen (secondary N) is 1. The first-order valence-electron chi connectivity index (χ1n) is 5.99. The summed E-state index contributed by atoms with van der Waals surface area (Å²) in [5, 5.41) is 21.5. The van der Waals surface area contributed by atoms with Gasteiger partial charge < -0.3 is 10.4 Å². The van der Waals surface area contributed by atoms with Gasteiger partial charge in [0.15, 0.2) is 5.54 Å². The first-order valence-corrected chi connectivity index (χ1v) is 5.99. The molecule has 0 fully saturated rings. The minimum atomic E-state index is -1.34. The molecular weight excluding hydrogens is 254 g/mol. The largest absolute Gasteiger partial charge is 0.479 e. The molecule has 0 bridgehead atoms. The van der Waals surface area contributed by atoms with Gasteiger partial charge in [-0.05, 0) is 18.6 Å². The fraction of sp³-hybridized carbons (Fsp3) is 0.133. The number of benzene rings is 1. The zero-order valence-corrected chi connectivity index (χ0v) is 10.9. The fourth-order valence-corrected chi connectivity index (χ4v) is 1.88. The summed E-state index contributed by atoms with van der Waals surface area (Å²) in [6.07, 6.45) is 2.94. The van der Waals surface area contributed by atoms with E-state index < -0.39 is 11.5 Å². The molecule has 2 rings (SSSR count). The van der Waals surface area contributed by atoms with E-state index in [1.165, 1.54) is 18.5 Å². The number of pyridine rings is 1. The molecule has 0 aliphatic carbocycles. The van der Waals surface area contributed by atoms with Crippen LogP contribution < -0.4 is 5.32 Å². The molecule has 0 aliphatic rings. The molecule has 0 radical (unpaired) electrons. The van der Waals surface area contributed by atoms with Crippen LogP contribution in [0.25, 0.3) is 0 Å². The quantitative estimate of drug-likeness (QED) is 0.888. The summed E-state index contributed by atoms with van der Waals surface area (Å²) in [6.45, 7) is 1.55. The van der Waals surface area contributed by atoms with Crippen molar-refractivity contribution in [2.75, 3.05) is 5.32 Å². The van der Waals surface area contributed by atoms with Gasteiger partial charge >= 0.3 is 5.97 Å².